The molecule has 4 aromatic rings. The van der Waals surface area contributed by atoms with E-state index in [9.17, 15) is 13.6 Å². The SMILES string of the molecule is COc1c(OCc2ccccc2)cccc1-c1nc(CNC(=O)c2ccccc2OC(F)F)n[nH]1. The van der Waals surface area contributed by atoms with Crippen LogP contribution in [0.2, 0.25) is 0 Å². The van der Waals surface area contributed by atoms with Crippen LogP contribution in [0.25, 0.3) is 11.4 Å². The highest BCUT2D eigenvalue weighted by atomic mass is 19.3. The summed E-state index contributed by atoms with van der Waals surface area (Å²) in [4.78, 5) is 16.9. The van der Waals surface area contributed by atoms with E-state index in [-0.39, 0.29) is 17.9 Å². The zero-order chi connectivity index (χ0) is 24.6. The van der Waals surface area contributed by atoms with Gasteiger partial charge in [-0.15, -0.1) is 0 Å². The summed E-state index contributed by atoms with van der Waals surface area (Å²) >= 11 is 0. The number of benzene rings is 3. The molecule has 1 amide bonds. The summed E-state index contributed by atoms with van der Waals surface area (Å²) in [5.41, 5.74) is 1.62. The molecule has 3 aromatic carbocycles. The van der Waals surface area contributed by atoms with E-state index in [0.29, 0.717) is 35.3 Å². The van der Waals surface area contributed by atoms with Crippen molar-refractivity contribution in [2.45, 2.75) is 19.8 Å². The molecule has 1 aromatic heterocycles. The topological polar surface area (TPSA) is 98.4 Å². The van der Waals surface area contributed by atoms with Gasteiger partial charge < -0.3 is 19.5 Å². The number of H-pyrrole nitrogens is 1. The highest BCUT2D eigenvalue weighted by Gasteiger charge is 2.18. The molecule has 0 bridgehead atoms. The molecule has 2 N–H and O–H groups in total. The van der Waals surface area contributed by atoms with Crippen molar-refractivity contribution in [2.24, 2.45) is 0 Å². The average molecular weight is 480 g/mol. The fourth-order valence-electron chi connectivity index (χ4n) is 3.37. The number of ether oxygens (including phenoxy) is 3. The molecule has 0 atom stereocenters. The molecule has 0 aliphatic heterocycles. The summed E-state index contributed by atoms with van der Waals surface area (Å²) in [5.74, 6) is 0.911. The number of aromatic nitrogens is 3. The molecular weight excluding hydrogens is 458 g/mol. The van der Waals surface area contributed by atoms with Crippen LogP contribution in [0.3, 0.4) is 0 Å². The molecule has 4 rings (SSSR count). The highest BCUT2D eigenvalue weighted by molar-refractivity contribution is 5.96. The maximum absolute atomic E-state index is 12.6. The van der Waals surface area contributed by atoms with E-state index in [0.717, 1.165) is 5.56 Å². The third kappa shape index (κ3) is 5.91. The van der Waals surface area contributed by atoms with Gasteiger partial charge in [0.2, 0.25) is 0 Å². The fraction of sp³-hybridized carbons (Fsp3) is 0.160. The Labute approximate surface area is 199 Å². The van der Waals surface area contributed by atoms with E-state index in [1.807, 2.05) is 36.4 Å². The number of rotatable bonds is 10. The summed E-state index contributed by atoms with van der Waals surface area (Å²) < 4.78 is 41.1. The number of carbonyl (C=O) groups is 1. The molecule has 35 heavy (non-hydrogen) atoms. The lowest BCUT2D eigenvalue weighted by atomic mass is 10.1. The number of aromatic amines is 1. The second-order valence-corrected chi connectivity index (χ2v) is 7.27. The van der Waals surface area contributed by atoms with Gasteiger partial charge in [0.1, 0.15) is 12.4 Å². The number of halogens is 2. The Morgan fingerprint density at radius 3 is 2.51 bits per heavy atom. The molecule has 0 unspecified atom stereocenters. The van der Waals surface area contributed by atoms with E-state index in [1.54, 1.807) is 18.2 Å². The van der Waals surface area contributed by atoms with Crippen LogP contribution < -0.4 is 19.5 Å². The first-order valence-corrected chi connectivity index (χ1v) is 10.6. The first kappa shape index (κ1) is 23.7. The van der Waals surface area contributed by atoms with Crippen LogP contribution in [0, 0.1) is 0 Å². The van der Waals surface area contributed by atoms with Crippen molar-refractivity contribution < 1.29 is 27.8 Å². The molecule has 8 nitrogen and oxygen atoms in total. The summed E-state index contributed by atoms with van der Waals surface area (Å²) in [6.07, 6.45) is 0. The second-order valence-electron chi connectivity index (χ2n) is 7.27. The third-order valence-electron chi connectivity index (χ3n) is 4.96. The third-order valence-corrected chi connectivity index (χ3v) is 4.96. The second kappa shape index (κ2) is 11.1. The minimum Gasteiger partial charge on any atom is -0.492 e. The number of methoxy groups -OCH3 is 1. The number of carbonyl (C=O) groups excluding carboxylic acids is 1. The van der Waals surface area contributed by atoms with Crippen LogP contribution in [0.1, 0.15) is 21.7 Å². The zero-order valence-electron chi connectivity index (χ0n) is 18.7. The van der Waals surface area contributed by atoms with Crippen LogP contribution in [-0.2, 0) is 13.2 Å². The smallest absolute Gasteiger partial charge is 0.387 e. The van der Waals surface area contributed by atoms with Crippen molar-refractivity contribution in [3.63, 3.8) is 0 Å². The van der Waals surface area contributed by atoms with Gasteiger partial charge in [-0.05, 0) is 29.8 Å². The predicted molar refractivity (Wildman–Crippen MR) is 123 cm³/mol. The maximum Gasteiger partial charge on any atom is 0.387 e. The van der Waals surface area contributed by atoms with Gasteiger partial charge in [-0.25, -0.2) is 4.98 Å². The largest absolute Gasteiger partial charge is 0.492 e. The lowest BCUT2D eigenvalue weighted by Crippen LogP contribution is -2.24. The normalized spacial score (nSPS) is 10.7. The van der Waals surface area contributed by atoms with E-state index >= 15 is 0 Å². The standard InChI is InChI=1S/C25H22F2N4O4/c1-33-22-18(11-7-13-20(22)34-15-16-8-3-2-4-9-16)23-29-21(30-31-23)14-28-24(32)17-10-5-6-12-19(17)35-25(26)27/h2-13,25H,14-15H2,1H3,(H,28,32)(H,29,30,31). The van der Waals surface area contributed by atoms with E-state index < -0.39 is 12.5 Å². The number of amides is 1. The maximum atomic E-state index is 12.6. The van der Waals surface area contributed by atoms with Gasteiger partial charge in [0, 0.05) is 0 Å². The number of alkyl halides is 2. The Kier molecular flexibility index (Phi) is 7.51. The Bertz CT molecular complexity index is 1280. The molecule has 0 fully saturated rings. The quantitative estimate of drug-likeness (QED) is 0.345. The molecule has 180 valence electrons. The molecule has 10 heteroatoms. The van der Waals surface area contributed by atoms with Gasteiger partial charge >= 0.3 is 6.61 Å². The Morgan fingerprint density at radius 2 is 1.74 bits per heavy atom. The molecule has 0 spiro atoms. The lowest BCUT2D eigenvalue weighted by Gasteiger charge is -2.13. The molecule has 1 heterocycles. The van der Waals surface area contributed by atoms with E-state index in [4.69, 9.17) is 9.47 Å². The predicted octanol–water partition coefficient (Wildman–Crippen LogP) is 4.59. The van der Waals surface area contributed by atoms with Gasteiger partial charge in [-0.3, -0.25) is 9.89 Å². The van der Waals surface area contributed by atoms with Crippen LogP contribution in [0.15, 0.2) is 72.8 Å². The molecule has 0 radical (unpaired) electrons. The summed E-state index contributed by atoms with van der Waals surface area (Å²) in [7, 11) is 1.53. The Hall–Kier alpha value is -4.47. The van der Waals surface area contributed by atoms with Crippen molar-refractivity contribution in [1.82, 2.24) is 20.5 Å². The van der Waals surface area contributed by atoms with Crippen LogP contribution >= 0.6 is 0 Å². The average Bonchev–Trinajstić information content (AvgIpc) is 3.35. The number of nitrogens with zero attached hydrogens (tertiary/aromatic N) is 2. The molecule has 0 saturated heterocycles. The molecule has 0 aliphatic carbocycles. The number of nitrogens with one attached hydrogen (secondary N) is 2. The van der Waals surface area contributed by atoms with E-state index in [1.165, 1.54) is 25.3 Å². The van der Waals surface area contributed by atoms with Crippen molar-refractivity contribution in [3.05, 3.63) is 89.7 Å². The van der Waals surface area contributed by atoms with Gasteiger partial charge in [-0.2, -0.15) is 13.9 Å². The molecule has 0 aliphatic rings. The van der Waals surface area contributed by atoms with Crippen LogP contribution in [0.5, 0.6) is 17.2 Å². The van der Waals surface area contributed by atoms with Crippen molar-refractivity contribution in [3.8, 4) is 28.6 Å². The first-order valence-electron chi connectivity index (χ1n) is 10.6. The molecular formula is C25H22F2N4O4. The van der Waals surface area contributed by atoms with E-state index in [2.05, 4.69) is 25.2 Å². The van der Waals surface area contributed by atoms with Gasteiger partial charge in [0.25, 0.3) is 5.91 Å². The summed E-state index contributed by atoms with van der Waals surface area (Å²) in [5, 5.41) is 9.56. The minimum absolute atomic E-state index is 0.0199. The monoisotopic (exact) mass is 480 g/mol. The number of hydrogen-bond acceptors (Lipinski definition) is 6. The number of para-hydroxylation sites is 2. The zero-order valence-corrected chi connectivity index (χ0v) is 18.7. The first-order chi connectivity index (χ1) is 17.0. The van der Waals surface area contributed by atoms with Crippen molar-refractivity contribution in [2.75, 3.05) is 7.11 Å². The summed E-state index contributed by atoms with van der Waals surface area (Å²) in [6, 6.07) is 20.9. The van der Waals surface area contributed by atoms with Crippen molar-refractivity contribution >= 4 is 5.91 Å². The van der Waals surface area contributed by atoms with Gasteiger partial charge in [0.05, 0.1) is 24.8 Å². The lowest BCUT2D eigenvalue weighted by molar-refractivity contribution is -0.0501. The van der Waals surface area contributed by atoms with Gasteiger partial charge in [0.15, 0.2) is 23.1 Å². The van der Waals surface area contributed by atoms with Crippen LogP contribution in [0.4, 0.5) is 8.78 Å². The fourth-order valence-corrected chi connectivity index (χ4v) is 3.37. The van der Waals surface area contributed by atoms with Crippen molar-refractivity contribution in [1.29, 1.82) is 0 Å². The Morgan fingerprint density at radius 1 is 1.00 bits per heavy atom. The molecule has 0 saturated carbocycles. The summed E-state index contributed by atoms with van der Waals surface area (Å²) in [6.45, 7) is -2.71. The van der Waals surface area contributed by atoms with Crippen LogP contribution in [-0.4, -0.2) is 34.8 Å². The minimum atomic E-state index is -3.04. The Balaban J connectivity index is 1.45. The number of hydrogen-bond donors (Lipinski definition) is 2. The highest BCUT2D eigenvalue weighted by Crippen LogP contribution is 2.36. The van der Waals surface area contributed by atoms with Gasteiger partial charge in [-0.1, -0.05) is 48.5 Å².